The lowest BCUT2D eigenvalue weighted by Crippen LogP contribution is -2.26. The van der Waals surface area contributed by atoms with Gasteiger partial charge in [-0.25, -0.2) is 4.79 Å². The predicted octanol–water partition coefficient (Wildman–Crippen LogP) is 3.50. The summed E-state index contributed by atoms with van der Waals surface area (Å²) in [4.78, 5) is 13.8. The van der Waals surface area contributed by atoms with Gasteiger partial charge in [-0.2, -0.15) is 0 Å². The fourth-order valence-electron chi connectivity index (χ4n) is 3.07. The van der Waals surface area contributed by atoms with E-state index in [1.165, 1.54) is 32.1 Å². The Balaban J connectivity index is 1.75. The van der Waals surface area contributed by atoms with Crippen LogP contribution in [0.25, 0.3) is 11.1 Å². The highest BCUT2D eigenvalue weighted by Crippen LogP contribution is 2.29. The summed E-state index contributed by atoms with van der Waals surface area (Å²) in [5.74, 6) is 0.458. The van der Waals surface area contributed by atoms with Crippen LogP contribution in [0.3, 0.4) is 0 Å². The molecule has 1 fully saturated rings. The molecular formula is C15H20N2O2. The number of aromatic amines is 1. The van der Waals surface area contributed by atoms with Crippen LogP contribution < -0.4 is 11.1 Å². The normalized spacial score (nSPS) is 23.6. The number of aromatic nitrogens is 1. The van der Waals surface area contributed by atoms with Crippen LogP contribution in [0.2, 0.25) is 0 Å². The van der Waals surface area contributed by atoms with E-state index in [4.69, 9.17) is 4.42 Å². The molecule has 0 amide bonds. The van der Waals surface area contributed by atoms with E-state index >= 15 is 0 Å². The Morgan fingerprint density at radius 2 is 2.32 bits per heavy atom. The zero-order chi connectivity index (χ0) is 13.2. The highest BCUT2D eigenvalue weighted by atomic mass is 16.4. The molecule has 102 valence electrons. The van der Waals surface area contributed by atoms with Crippen LogP contribution in [0.4, 0.5) is 5.69 Å². The number of H-pyrrole nitrogens is 1. The van der Waals surface area contributed by atoms with Crippen molar-refractivity contribution in [3.63, 3.8) is 0 Å². The molecule has 2 atom stereocenters. The summed E-state index contributed by atoms with van der Waals surface area (Å²) in [5.41, 5.74) is 2.44. The fraction of sp³-hybridized carbons (Fsp3) is 0.533. The summed E-state index contributed by atoms with van der Waals surface area (Å²) in [5, 5.41) is 3.58. The quantitative estimate of drug-likeness (QED) is 0.888. The molecule has 4 heteroatoms. The maximum absolute atomic E-state index is 11.1. The van der Waals surface area contributed by atoms with Crippen molar-refractivity contribution in [2.24, 2.45) is 5.92 Å². The van der Waals surface area contributed by atoms with Gasteiger partial charge in [0.25, 0.3) is 0 Å². The first kappa shape index (κ1) is 12.3. The van der Waals surface area contributed by atoms with Crippen molar-refractivity contribution in [2.75, 3.05) is 5.32 Å². The minimum atomic E-state index is -0.393. The second kappa shape index (κ2) is 5.11. The first-order chi connectivity index (χ1) is 9.24. The number of benzene rings is 1. The molecule has 4 nitrogen and oxygen atoms in total. The van der Waals surface area contributed by atoms with Crippen LogP contribution in [0.1, 0.15) is 39.0 Å². The first-order valence-electron chi connectivity index (χ1n) is 7.14. The largest absolute Gasteiger partial charge is 0.417 e. The Bertz CT molecular complexity index is 614. The molecule has 2 unspecified atom stereocenters. The van der Waals surface area contributed by atoms with E-state index in [1.54, 1.807) is 0 Å². The van der Waals surface area contributed by atoms with E-state index in [0.717, 1.165) is 17.1 Å². The monoisotopic (exact) mass is 260 g/mol. The van der Waals surface area contributed by atoms with Crippen LogP contribution in [-0.2, 0) is 0 Å². The van der Waals surface area contributed by atoms with Gasteiger partial charge in [0.15, 0.2) is 5.58 Å². The standard InChI is InChI=1S/C15H20N2O2/c1-2-10-4-3-5-11(8-10)16-12-6-7-14-13(9-12)17-15(18)19-14/h6-7,9-11,16H,2-5,8H2,1H3,(H,17,18). The molecule has 1 saturated carbocycles. The van der Waals surface area contributed by atoms with Gasteiger partial charge >= 0.3 is 5.76 Å². The lowest BCUT2D eigenvalue weighted by molar-refractivity contribution is 0.327. The molecule has 2 aromatic rings. The van der Waals surface area contributed by atoms with Gasteiger partial charge in [-0.15, -0.1) is 0 Å². The van der Waals surface area contributed by atoms with Crippen molar-refractivity contribution < 1.29 is 4.42 Å². The Kier molecular flexibility index (Phi) is 3.32. The summed E-state index contributed by atoms with van der Waals surface area (Å²) in [6.07, 6.45) is 6.42. The number of nitrogens with one attached hydrogen (secondary N) is 2. The molecule has 19 heavy (non-hydrogen) atoms. The highest BCUT2D eigenvalue weighted by molar-refractivity contribution is 5.76. The summed E-state index contributed by atoms with van der Waals surface area (Å²) in [7, 11) is 0. The molecule has 1 aromatic carbocycles. The van der Waals surface area contributed by atoms with Gasteiger partial charge < -0.3 is 9.73 Å². The molecule has 1 aliphatic rings. The van der Waals surface area contributed by atoms with Crippen molar-refractivity contribution >= 4 is 16.8 Å². The van der Waals surface area contributed by atoms with Crippen molar-refractivity contribution in [1.82, 2.24) is 4.98 Å². The Labute approximate surface area is 112 Å². The summed E-state index contributed by atoms with van der Waals surface area (Å²) >= 11 is 0. The molecule has 0 bridgehead atoms. The molecule has 0 saturated heterocycles. The fourth-order valence-corrected chi connectivity index (χ4v) is 3.07. The molecule has 1 heterocycles. The van der Waals surface area contributed by atoms with E-state index in [2.05, 4.69) is 17.2 Å². The van der Waals surface area contributed by atoms with E-state index in [9.17, 15) is 4.79 Å². The van der Waals surface area contributed by atoms with E-state index in [0.29, 0.717) is 11.6 Å². The molecular weight excluding hydrogens is 240 g/mol. The smallest absolute Gasteiger partial charge is 0.408 e. The second-order valence-corrected chi connectivity index (χ2v) is 5.51. The van der Waals surface area contributed by atoms with Gasteiger partial charge in [0, 0.05) is 11.7 Å². The Morgan fingerprint density at radius 3 is 3.16 bits per heavy atom. The minimum Gasteiger partial charge on any atom is -0.408 e. The Hall–Kier alpha value is -1.71. The lowest BCUT2D eigenvalue weighted by atomic mass is 9.84. The molecule has 2 N–H and O–H groups in total. The molecule has 0 spiro atoms. The zero-order valence-corrected chi connectivity index (χ0v) is 11.2. The highest BCUT2D eigenvalue weighted by Gasteiger charge is 2.20. The Morgan fingerprint density at radius 1 is 1.42 bits per heavy atom. The van der Waals surface area contributed by atoms with Gasteiger partial charge in [-0.1, -0.05) is 26.2 Å². The number of hydrogen-bond acceptors (Lipinski definition) is 3. The SMILES string of the molecule is CCC1CCCC(Nc2ccc3oc(=O)[nH]c3c2)C1. The third kappa shape index (κ3) is 2.67. The maximum atomic E-state index is 11.1. The second-order valence-electron chi connectivity index (χ2n) is 5.51. The van der Waals surface area contributed by atoms with Gasteiger partial charge in [-0.3, -0.25) is 4.98 Å². The summed E-state index contributed by atoms with van der Waals surface area (Å²) in [6.45, 7) is 2.27. The van der Waals surface area contributed by atoms with Crippen LogP contribution in [-0.4, -0.2) is 11.0 Å². The van der Waals surface area contributed by atoms with Crippen molar-refractivity contribution in [2.45, 2.75) is 45.1 Å². The summed E-state index contributed by atoms with van der Waals surface area (Å²) < 4.78 is 5.01. The number of rotatable bonds is 3. The van der Waals surface area contributed by atoms with Crippen LogP contribution >= 0.6 is 0 Å². The molecule has 1 aromatic heterocycles. The van der Waals surface area contributed by atoms with Gasteiger partial charge in [0.05, 0.1) is 5.52 Å². The lowest BCUT2D eigenvalue weighted by Gasteiger charge is -2.29. The summed E-state index contributed by atoms with van der Waals surface area (Å²) in [6, 6.07) is 6.33. The molecule has 0 aliphatic heterocycles. The number of fused-ring (bicyclic) bond motifs is 1. The van der Waals surface area contributed by atoms with Crippen LogP contribution in [0.5, 0.6) is 0 Å². The first-order valence-corrected chi connectivity index (χ1v) is 7.14. The minimum absolute atomic E-state index is 0.393. The van der Waals surface area contributed by atoms with Gasteiger partial charge in [-0.05, 0) is 37.0 Å². The van der Waals surface area contributed by atoms with Crippen molar-refractivity contribution in [3.8, 4) is 0 Å². The average Bonchev–Trinajstić information content (AvgIpc) is 2.78. The topological polar surface area (TPSA) is 58.0 Å². The predicted molar refractivity (Wildman–Crippen MR) is 76.5 cm³/mol. The maximum Gasteiger partial charge on any atom is 0.417 e. The molecule has 1 aliphatic carbocycles. The zero-order valence-electron chi connectivity index (χ0n) is 11.2. The molecule has 3 rings (SSSR count). The number of hydrogen-bond donors (Lipinski definition) is 2. The molecule has 0 radical (unpaired) electrons. The van der Waals surface area contributed by atoms with E-state index in [-0.39, 0.29) is 0 Å². The third-order valence-electron chi connectivity index (χ3n) is 4.15. The van der Waals surface area contributed by atoms with Crippen molar-refractivity contribution in [3.05, 3.63) is 28.7 Å². The van der Waals surface area contributed by atoms with E-state index < -0.39 is 5.76 Å². The van der Waals surface area contributed by atoms with Crippen LogP contribution in [0.15, 0.2) is 27.4 Å². The van der Waals surface area contributed by atoms with Gasteiger partial charge in [0.1, 0.15) is 0 Å². The number of oxazole rings is 1. The van der Waals surface area contributed by atoms with Gasteiger partial charge in [0.2, 0.25) is 0 Å². The van der Waals surface area contributed by atoms with Crippen molar-refractivity contribution in [1.29, 1.82) is 0 Å². The third-order valence-corrected chi connectivity index (χ3v) is 4.15. The number of anilines is 1. The van der Waals surface area contributed by atoms with Crippen LogP contribution in [0, 0.1) is 5.92 Å². The van der Waals surface area contributed by atoms with E-state index in [1.807, 2.05) is 18.2 Å². The average molecular weight is 260 g/mol.